The van der Waals surface area contributed by atoms with Crippen LogP contribution < -0.4 is 5.32 Å². The predicted octanol–water partition coefficient (Wildman–Crippen LogP) is 2.31. The SMILES string of the molecule is CCC1CCCN1C(=O)C1CC2CCCCC2N1. The molecule has 0 aromatic carbocycles. The fourth-order valence-corrected chi connectivity index (χ4v) is 4.26. The highest BCUT2D eigenvalue weighted by Gasteiger charge is 2.41. The van der Waals surface area contributed by atoms with Gasteiger partial charge < -0.3 is 10.2 Å². The molecule has 0 bridgehead atoms. The molecule has 102 valence electrons. The third-order valence-corrected chi connectivity index (χ3v) is 5.29. The summed E-state index contributed by atoms with van der Waals surface area (Å²) >= 11 is 0. The van der Waals surface area contributed by atoms with Crippen molar-refractivity contribution in [3.63, 3.8) is 0 Å². The van der Waals surface area contributed by atoms with Gasteiger partial charge in [-0.15, -0.1) is 0 Å². The van der Waals surface area contributed by atoms with Gasteiger partial charge in [-0.2, -0.15) is 0 Å². The Hall–Kier alpha value is -0.570. The molecule has 3 fully saturated rings. The molecule has 1 saturated carbocycles. The molecule has 2 heterocycles. The molecular weight excluding hydrogens is 224 g/mol. The van der Waals surface area contributed by atoms with Gasteiger partial charge in [0.05, 0.1) is 6.04 Å². The van der Waals surface area contributed by atoms with E-state index in [1.807, 2.05) is 0 Å². The van der Waals surface area contributed by atoms with Gasteiger partial charge in [0, 0.05) is 18.6 Å². The van der Waals surface area contributed by atoms with Gasteiger partial charge in [-0.05, 0) is 44.4 Å². The number of hydrogen-bond acceptors (Lipinski definition) is 2. The molecule has 1 aliphatic carbocycles. The Kier molecular flexibility index (Phi) is 3.60. The number of rotatable bonds is 2. The molecule has 3 heteroatoms. The molecule has 18 heavy (non-hydrogen) atoms. The summed E-state index contributed by atoms with van der Waals surface area (Å²) in [7, 11) is 0. The number of hydrogen-bond donors (Lipinski definition) is 1. The third kappa shape index (κ3) is 2.18. The Balaban J connectivity index is 1.63. The second kappa shape index (κ2) is 5.20. The highest BCUT2D eigenvalue weighted by Crippen LogP contribution is 2.34. The van der Waals surface area contributed by atoms with Crippen molar-refractivity contribution in [1.82, 2.24) is 10.2 Å². The molecule has 2 aliphatic heterocycles. The summed E-state index contributed by atoms with van der Waals surface area (Å²) in [5.41, 5.74) is 0. The van der Waals surface area contributed by atoms with E-state index in [2.05, 4.69) is 17.1 Å². The fourth-order valence-electron chi connectivity index (χ4n) is 4.26. The first-order valence-corrected chi connectivity index (χ1v) is 7.86. The van der Waals surface area contributed by atoms with E-state index < -0.39 is 0 Å². The second-order valence-corrected chi connectivity index (χ2v) is 6.34. The maximum atomic E-state index is 12.6. The number of carbonyl (C=O) groups is 1. The molecular formula is C15H26N2O. The molecule has 2 saturated heterocycles. The number of likely N-dealkylation sites (tertiary alicyclic amines) is 1. The zero-order chi connectivity index (χ0) is 12.5. The summed E-state index contributed by atoms with van der Waals surface area (Å²) in [5, 5.41) is 3.62. The number of nitrogens with one attached hydrogen (secondary N) is 1. The lowest BCUT2D eigenvalue weighted by molar-refractivity contribution is -0.134. The summed E-state index contributed by atoms with van der Waals surface area (Å²) in [6.07, 6.45) is 9.94. The molecule has 0 spiro atoms. The van der Waals surface area contributed by atoms with Crippen molar-refractivity contribution in [2.45, 2.75) is 76.4 Å². The van der Waals surface area contributed by atoms with Gasteiger partial charge in [0.25, 0.3) is 0 Å². The van der Waals surface area contributed by atoms with Crippen molar-refractivity contribution >= 4 is 5.91 Å². The van der Waals surface area contributed by atoms with E-state index in [-0.39, 0.29) is 6.04 Å². The Morgan fingerprint density at radius 1 is 1.22 bits per heavy atom. The Morgan fingerprint density at radius 2 is 2.06 bits per heavy atom. The number of carbonyl (C=O) groups excluding carboxylic acids is 1. The molecule has 1 amide bonds. The van der Waals surface area contributed by atoms with Crippen molar-refractivity contribution in [2.24, 2.45) is 5.92 Å². The number of amides is 1. The van der Waals surface area contributed by atoms with Crippen LogP contribution in [-0.2, 0) is 4.79 Å². The monoisotopic (exact) mass is 250 g/mol. The first kappa shape index (κ1) is 12.5. The van der Waals surface area contributed by atoms with Crippen LogP contribution in [0.3, 0.4) is 0 Å². The van der Waals surface area contributed by atoms with Gasteiger partial charge in [-0.3, -0.25) is 4.79 Å². The van der Waals surface area contributed by atoms with Gasteiger partial charge in [0.15, 0.2) is 0 Å². The molecule has 4 unspecified atom stereocenters. The molecule has 0 aromatic heterocycles. The van der Waals surface area contributed by atoms with E-state index in [0.29, 0.717) is 18.0 Å². The van der Waals surface area contributed by atoms with E-state index in [9.17, 15) is 4.79 Å². The van der Waals surface area contributed by atoms with Crippen LogP contribution in [0.5, 0.6) is 0 Å². The molecule has 4 atom stereocenters. The van der Waals surface area contributed by atoms with Crippen LogP contribution in [0.2, 0.25) is 0 Å². The zero-order valence-corrected chi connectivity index (χ0v) is 11.5. The summed E-state index contributed by atoms with van der Waals surface area (Å²) < 4.78 is 0. The molecule has 3 rings (SSSR count). The highest BCUT2D eigenvalue weighted by molar-refractivity contribution is 5.83. The molecule has 1 N–H and O–H groups in total. The molecule has 3 nitrogen and oxygen atoms in total. The molecule has 3 aliphatic rings. The van der Waals surface area contributed by atoms with Gasteiger partial charge in [-0.25, -0.2) is 0 Å². The fraction of sp³-hybridized carbons (Fsp3) is 0.933. The van der Waals surface area contributed by atoms with Gasteiger partial charge in [-0.1, -0.05) is 19.8 Å². The summed E-state index contributed by atoms with van der Waals surface area (Å²) in [6.45, 7) is 3.20. The van der Waals surface area contributed by atoms with E-state index in [0.717, 1.165) is 25.3 Å². The van der Waals surface area contributed by atoms with Crippen molar-refractivity contribution < 1.29 is 4.79 Å². The van der Waals surface area contributed by atoms with Crippen LogP contribution in [0.25, 0.3) is 0 Å². The van der Waals surface area contributed by atoms with Crippen LogP contribution in [-0.4, -0.2) is 35.5 Å². The first-order valence-electron chi connectivity index (χ1n) is 7.86. The highest BCUT2D eigenvalue weighted by atomic mass is 16.2. The van der Waals surface area contributed by atoms with Crippen molar-refractivity contribution in [2.75, 3.05) is 6.54 Å². The van der Waals surface area contributed by atoms with Crippen LogP contribution >= 0.6 is 0 Å². The summed E-state index contributed by atoms with van der Waals surface area (Å²) in [4.78, 5) is 14.8. The van der Waals surface area contributed by atoms with Crippen LogP contribution in [0, 0.1) is 5.92 Å². The normalized spacial score (nSPS) is 39.9. The zero-order valence-electron chi connectivity index (χ0n) is 11.5. The van der Waals surface area contributed by atoms with Gasteiger partial charge in [0.2, 0.25) is 5.91 Å². The van der Waals surface area contributed by atoms with Crippen molar-refractivity contribution in [3.05, 3.63) is 0 Å². The summed E-state index contributed by atoms with van der Waals surface area (Å²) in [6, 6.07) is 1.28. The average Bonchev–Trinajstić information content (AvgIpc) is 3.03. The quantitative estimate of drug-likeness (QED) is 0.815. The maximum Gasteiger partial charge on any atom is 0.239 e. The van der Waals surface area contributed by atoms with Gasteiger partial charge in [0.1, 0.15) is 0 Å². The average molecular weight is 250 g/mol. The third-order valence-electron chi connectivity index (χ3n) is 5.29. The Labute approximate surface area is 110 Å². The lowest BCUT2D eigenvalue weighted by Gasteiger charge is -2.27. The van der Waals surface area contributed by atoms with Gasteiger partial charge >= 0.3 is 0 Å². The van der Waals surface area contributed by atoms with E-state index in [1.54, 1.807) is 0 Å². The smallest absolute Gasteiger partial charge is 0.239 e. The van der Waals surface area contributed by atoms with E-state index in [4.69, 9.17) is 0 Å². The minimum absolute atomic E-state index is 0.130. The minimum Gasteiger partial charge on any atom is -0.338 e. The van der Waals surface area contributed by atoms with Crippen LogP contribution in [0.15, 0.2) is 0 Å². The Morgan fingerprint density at radius 3 is 2.83 bits per heavy atom. The lowest BCUT2D eigenvalue weighted by atomic mass is 9.85. The first-order chi connectivity index (χ1) is 8.79. The largest absolute Gasteiger partial charge is 0.338 e. The Bertz CT molecular complexity index is 304. The number of nitrogens with zero attached hydrogens (tertiary/aromatic N) is 1. The maximum absolute atomic E-state index is 12.6. The summed E-state index contributed by atoms with van der Waals surface area (Å²) in [5.74, 6) is 1.17. The lowest BCUT2D eigenvalue weighted by Crippen LogP contribution is -2.47. The number of fused-ring (bicyclic) bond motifs is 1. The van der Waals surface area contributed by atoms with Crippen molar-refractivity contribution in [3.8, 4) is 0 Å². The van der Waals surface area contributed by atoms with E-state index in [1.165, 1.54) is 38.5 Å². The van der Waals surface area contributed by atoms with E-state index >= 15 is 0 Å². The molecule has 0 radical (unpaired) electrons. The minimum atomic E-state index is 0.130. The van der Waals surface area contributed by atoms with Crippen LogP contribution in [0.1, 0.15) is 58.3 Å². The topological polar surface area (TPSA) is 32.3 Å². The van der Waals surface area contributed by atoms with Crippen molar-refractivity contribution in [1.29, 1.82) is 0 Å². The molecule has 0 aromatic rings. The van der Waals surface area contributed by atoms with Crippen LogP contribution in [0.4, 0.5) is 0 Å². The predicted molar refractivity (Wildman–Crippen MR) is 72.3 cm³/mol. The standard InChI is InChI=1S/C15H26N2O/c1-2-12-7-5-9-17(12)15(18)14-10-11-6-3-4-8-13(11)16-14/h11-14,16H,2-10H2,1H3. The second-order valence-electron chi connectivity index (χ2n) is 6.34.